The maximum atomic E-state index is 14.3. The normalized spacial score (nSPS) is 20.2. The molecule has 1 aliphatic rings. The van der Waals surface area contributed by atoms with Crippen LogP contribution >= 0.6 is 0 Å². The number of hydrogen-bond donors (Lipinski definition) is 2. The van der Waals surface area contributed by atoms with E-state index >= 15 is 0 Å². The summed E-state index contributed by atoms with van der Waals surface area (Å²) in [5, 5.41) is 15.5. The minimum atomic E-state index is -1.08. The average Bonchev–Trinajstić information content (AvgIpc) is 3.01. The molecule has 0 bridgehead atoms. The van der Waals surface area contributed by atoms with Crippen molar-refractivity contribution in [1.82, 2.24) is 15.1 Å². The van der Waals surface area contributed by atoms with Gasteiger partial charge < -0.3 is 19.9 Å². The maximum Gasteiger partial charge on any atom is 0.404 e. The van der Waals surface area contributed by atoms with Crippen molar-refractivity contribution in [3.05, 3.63) is 42.0 Å². The molecule has 3 rings (SSSR count). The van der Waals surface area contributed by atoms with Crippen molar-refractivity contribution >= 4 is 6.09 Å². The molecule has 2 atom stereocenters. The zero-order valence-electron chi connectivity index (χ0n) is 13.8. The third-order valence-corrected chi connectivity index (χ3v) is 4.13. The quantitative estimate of drug-likeness (QED) is 0.866. The van der Waals surface area contributed by atoms with Gasteiger partial charge >= 0.3 is 6.09 Å². The molecule has 2 heterocycles. The second-order valence-electron chi connectivity index (χ2n) is 6.07. The molecule has 1 saturated heterocycles. The SMILES string of the molecule is Cc1cnn(-c2ccc(OCC3COCCC3NC(=O)O)c(F)c2)c1. The van der Waals surface area contributed by atoms with Crippen molar-refractivity contribution in [2.45, 2.75) is 19.4 Å². The molecule has 2 unspecified atom stereocenters. The van der Waals surface area contributed by atoms with Gasteiger partial charge in [0.25, 0.3) is 0 Å². The van der Waals surface area contributed by atoms with E-state index in [2.05, 4.69) is 10.4 Å². The number of hydrogen-bond acceptors (Lipinski definition) is 4. The van der Waals surface area contributed by atoms with Gasteiger partial charge in [-0.1, -0.05) is 0 Å². The predicted octanol–water partition coefficient (Wildman–Crippen LogP) is 2.37. The number of aryl methyl sites for hydroxylation is 1. The van der Waals surface area contributed by atoms with Crippen LogP contribution < -0.4 is 10.1 Å². The van der Waals surface area contributed by atoms with E-state index in [1.54, 1.807) is 29.2 Å². The number of amides is 1. The molecular weight excluding hydrogens is 329 g/mol. The summed E-state index contributed by atoms with van der Waals surface area (Å²) in [4.78, 5) is 10.9. The van der Waals surface area contributed by atoms with Crippen LogP contribution in [0.1, 0.15) is 12.0 Å². The molecule has 1 fully saturated rings. The molecule has 0 spiro atoms. The van der Waals surface area contributed by atoms with Crippen LogP contribution in [0.5, 0.6) is 5.75 Å². The van der Waals surface area contributed by atoms with Crippen LogP contribution in [-0.2, 0) is 4.74 Å². The Kier molecular flexibility index (Phi) is 5.18. The van der Waals surface area contributed by atoms with Crippen molar-refractivity contribution in [3.8, 4) is 11.4 Å². The van der Waals surface area contributed by atoms with E-state index in [-0.39, 0.29) is 24.3 Å². The largest absolute Gasteiger partial charge is 0.490 e. The molecule has 0 aliphatic carbocycles. The molecule has 1 amide bonds. The van der Waals surface area contributed by atoms with Gasteiger partial charge in [0.2, 0.25) is 0 Å². The number of rotatable bonds is 5. The van der Waals surface area contributed by atoms with Crippen molar-refractivity contribution in [3.63, 3.8) is 0 Å². The Morgan fingerprint density at radius 1 is 1.56 bits per heavy atom. The number of nitrogens with zero attached hydrogens (tertiary/aromatic N) is 2. The Labute approximate surface area is 144 Å². The standard InChI is InChI=1S/C17H20FN3O4/c1-11-7-19-21(8-11)13-2-3-16(14(18)6-13)25-10-12-9-24-5-4-15(12)20-17(22)23/h2-3,6-8,12,15,20H,4-5,9-10H2,1H3,(H,22,23). The smallest absolute Gasteiger partial charge is 0.404 e. The van der Waals surface area contributed by atoms with E-state index in [0.717, 1.165) is 5.56 Å². The number of carbonyl (C=O) groups is 1. The van der Waals surface area contributed by atoms with E-state index in [1.807, 2.05) is 6.92 Å². The Hall–Kier alpha value is -2.61. The number of aromatic nitrogens is 2. The fraction of sp³-hybridized carbons (Fsp3) is 0.412. The highest BCUT2D eigenvalue weighted by Crippen LogP contribution is 2.23. The van der Waals surface area contributed by atoms with Crippen molar-refractivity contribution in [1.29, 1.82) is 0 Å². The first-order valence-electron chi connectivity index (χ1n) is 8.04. The highest BCUT2D eigenvalue weighted by atomic mass is 19.1. The summed E-state index contributed by atoms with van der Waals surface area (Å²) in [6.07, 6.45) is 2.99. The monoisotopic (exact) mass is 349 g/mol. The first kappa shape index (κ1) is 17.2. The Morgan fingerprint density at radius 2 is 2.40 bits per heavy atom. The second kappa shape index (κ2) is 7.52. The van der Waals surface area contributed by atoms with E-state index in [1.165, 1.54) is 6.07 Å². The molecule has 2 aromatic rings. The van der Waals surface area contributed by atoms with Gasteiger partial charge in [-0.2, -0.15) is 5.10 Å². The fourth-order valence-corrected chi connectivity index (χ4v) is 2.81. The first-order chi connectivity index (χ1) is 12.0. The lowest BCUT2D eigenvalue weighted by Gasteiger charge is -2.31. The zero-order valence-corrected chi connectivity index (χ0v) is 13.8. The summed E-state index contributed by atoms with van der Waals surface area (Å²) in [5.41, 5.74) is 1.58. The van der Waals surface area contributed by atoms with E-state index in [0.29, 0.717) is 25.3 Å². The summed E-state index contributed by atoms with van der Waals surface area (Å²) >= 11 is 0. The topological polar surface area (TPSA) is 85.6 Å². The highest BCUT2D eigenvalue weighted by molar-refractivity contribution is 5.64. The Morgan fingerprint density at radius 3 is 3.08 bits per heavy atom. The van der Waals surface area contributed by atoms with Crippen molar-refractivity contribution < 1.29 is 23.8 Å². The van der Waals surface area contributed by atoms with Gasteiger partial charge in [-0.15, -0.1) is 0 Å². The molecule has 7 nitrogen and oxygen atoms in total. The van der Waals surface area contributed by atoms with Gasteiger partial charge in [0.05, 0.1) is 25.1 Å². The molecule has 2 N–H and O–H groups in total. The van der Waals surface area contributed by atoms with Crippen LogP contribution in [0.15, 0.2) is 30.6 Å². The predicted molar refractivity (Wildman–Crippen MR) is 87.6 cm³/mol. The first-order valence-corrected chi connectivity index (χ1v) is 8.04. The molecule has 25 heavy (non-hydrogen) atoms. The third kappa shape index (κ3) is 4.27. The Bertz CT molecular complexity index is 749. The second-order valence-corrected chi connectivity index (χ2v) is 6.07. The summed E-state index contributed by atoms with van der Waals surface area (Å²) < 4.78 is 26.8. The van der Waals surface area contributed by atoms with Crippen LogP contribution in [0.2, 0.25) is 0 Å². The van der Waals surface area contributed by atoms with Crippen LogP contribution in [-0.4, -0.2) is 46.8 Å². The van der Waals surface area contributed by atoms with E-state index < -0.39 is 11.9 Å². The fourth-order valence-electron chi connectivity index (χ4n) is 2.81. The van der Waals surface area contributed by atoms with Gasteiger partial charge in [0, 0.05) is 30.8 Å². The summed E-state index contributed by atoms with van der Waals surface area (Å²) in [6.45, 7) is 2.94. The average molecular weight is 349 g/mol. The van der Waals surface area contributed by atoms with Crippen LogP contribution in [0, 0.1) is 18.7 Å². The van der Waals surface area contributed by atoms with Crippen LogP contribution in [0.25, 0.3) is 5.69 Å². The molecule has 1 aromatic heterocycles. The van der Waals surface area contributed by atoms with E-state index in [9.17, 15) is 9.18 Å². The minimum absolute atomic E-state index is 0.118. The van der Waals surface area contributed by atoms with Crippen LogP contribution in [0.3, 0.4) is 0 Å². The van der Waals surface area contributed by atoms with Crippen LogP contribution in [0.4, 0.5) is 9.18 Å². The summed E-state index contributed by atoms with van der Waals surface area (Å²) in [6, 6.07) is 4.35. The van der Waals surface area contributed by atoms with E-state index in [4.69, 9.17) is 14.6 Å². The lowest BCUT2D eigenvalue weighted by atomic mass is 9.97. The zero-order chi connectivity index (χ0) is 17.8. The third-order valence-electron chi connectivity index (χ3n) is 4.13. The number of carboxylic acid groups (broad SMARTS) is 1. The maximum absolute atomic E-state index is 14.3. The number of nitrogens with one attached hydrogen (secondary N) is 1. The highest BCUT2D eigenvalue weighted by Gasteiger charge is 2.28. The Balaban J connectivity index is 1.65. The van der Waals surface area contributed by atoms with Gasteiger partial charge in [0.1, 0.15) is 0 Å². The van der Waals surface area contributed by atoms with Gasteiger partial charge in [0.15, 0.2) is 11.6 Å². The minimum Gasteiger partial charge on any atom is -0.490 e. The molecular formula is C17H20FN3O4. The number of benzene rings is 1. The lowest BCUT2D eigenvalue weighted by Crippen LogP contribution is -2.47. The molecule has 8 heteroatoms. The summed E-state index contributed by atoms with van der Waals surface area (Å²) in [5.74, 6) is -0.546. The molecule has 134 valence electrons. The number of halogens is 1. The molecule has 1 aromatic carbocycles. The molecule has 0 saturated carbocycles. The van der Waals surface area contributed by atoms with Gasteiger partial charge in [-0.05, 0) is 31.0 Å². The lowest BCUT2D eigenvalue weighted by molar-refractivity contribution is 0.0134. The molecule has 0 radical (unpaired) electrons. The van der Waals surface area contributed by atoms with Gasteiger partial charge in [-0.3, -0.25) is 0 Å². The van der Waals surface area contributed by atoms with Crippen molar-refractivity contribution in [2.75, 3.05) is 19.8 Å². The number of ether oxygens (including phenoxy) is 2. The van der Waals surface area contributed by atoms with Gasteiger partial charge in [-0.25, -0.2) is 13.9 Å². The summed E-state index contributed by atoms with van der Waals surface area (Å²) in [7, 11) is 0. The molecule has 1 aliphatic heterocycles. The van der Waals surface area contributed by atoms with Crippen molar-refractivity contribution in [2.24, 2.45) is 5.92 Å².